The number of alkyl halides is 3. The summed E-state index contributed by atoms with van der Waals surface area (Å²) in [6.07, 6.45) is 7.83. The second-order valence-electron chi connectivity index (χ2n) is 9.66. The number of halogens is 5. The number of allylic oxidation sites excluding steroid dienone is 2. The van der Waals surface area contributed by atoms with Gasteiger partial charge < -0.3 is 4.74 Å². The van der Waals surface area contributed by atoms with E-state index in [-0.39, 0.29) is 17.9 Å². The Morgan fingerprint density at radius 1 is 0.941 bits per heavy atom. The fourth-order valence-corrected chi connectivity index (χ4v) is 5.64. The molecule has 34 heavy (non-hydrogen) atoms. The highest BCUT2D eigenvalue weighted by Crippen LogP contribution is 2.41. The van der Waals surface area contributed by atoms with Gasteiger partial charge in [0, 0.05) is 0 Å². The molecule has 0 saturated heterocycles. The van der Waals surface area contributed by atoms with Crippen molar-refractivity contribution in [2.24, 2.45) is 5.92 Å². The van der Waals surface area contributed by atoms with Crippen LogP contribution in [0.25, 0.3) is 0 Å². The van der Waals surface area contributed by atoms with Gasteiger partial charge in [-0.1, -0.05) is 36.4 Å². The van der Waals surface area contributed by atoms with E-state index in [4.69, 9.17) is 0 Å². The number of hydrogen-bond donors (Lipinski definition) is 0. The number of benzene rings is 2. The number of hydrogen-bond acceptors (Lipinski definition) is 1. The summed E-state index contributed by atoms with van der Waals surface area (Å²) in [4.78, 5) is 0. The monoisotopic (exact) mass is 478 g/mol. The molecule has 4 rings (SSSR count). The van der Waals surface area contributed by atoms with Gasteiger partial charge in [0.1, 0.15) is 0 Å². The molecule has 0 N–H and O–H groups in total. The van der Waals surface area contributed by atoms with Gasteiger partial charge >= 0.3 is 6.36 Å². The largest absolute Gasteiger partial charge is 0.573 e. The SMILES string of the molecule is C/C=C/CCC1CCC(c2ccc(C3CCc4c(cc(F)c(OC(F)(F)F)c4F)C3)cc2)CC1. The summed E-state index contributed by atoms with van der Waals surface area (Å²) in [5.41, 5.74) is 2.99. The average molecular weight is 479 g/mol. The van der Waals surface area contributed by atoms with E-state index in [1.807, 2.05) is 0 Å². The first-order valence-corrected chi connectivity index (χ1v) is 12.2. The predicted molar refractivity (Wildman–Crippen MR) is 123 cm³/mol. The molecule has 1 atom stereocenters. The standard InChI is InChI=1S/C28H31F5O/c1-2-3-4-5-18-6-8-19(9-7-18)20-10-12-21(13-11-20)22-14-15-24-23(16-22)17-25(29)27(26(24)30)34-28(31,32)33/h2-3,10-13,17-19,22H,4-9,14-16H2,1H3/b3-2+. The number of rotatable bonds is 6. The van der Waals surface area contributed by atoms with Crippen LogP contribution in [-0.4, -0.2) is 6.36 Å². The lowest BCUT2D eigenvalue weighted by Gasteiger charge is -2.29. The van der Waals surface area contributed by atoms with Crippen molar-refractivity contribution in [3.63, 3.8) is 0 Å². The van der Waals surface area contributed by atoms with E-state index in [1.165, 1.54) is 37.7 Å². The van der Waals surface area contributed by atoms with Gasteiger partial charge in [0.25, 0.3) is 0 Å². The highest BCUT2D eigenvalue weighted by Gasteiger charge is 2.36. The Hall–Kier alpha value is -2.37. The molecule has 0 bridgehead atoms. The van der Waals surface area contributed by atoms with E-state index >= 15 is 0 Å². The molecule has 1 unspecified atom stereocenters. The minimum Gasteiger partial charge on any atom is -0.399 e. The molecule has 0 amide bonds. The maximum absolute atomic E-state index is 14.6. The molecule has 2 aromatic rings. The molecule has 2 aliphatic carbocycles. The maximum atomic E-state index is 14.6. The summed E-state index contributed by atoms with van der Waals surface area (Å²) in [5.74, 6) is -2.43. The molecule has 0 heterocycles. The zero-order valence-corrected chi connectivity index (χ0v) is 19.4. The van der Waals surface area contributed by atoms with Crippen molar-refractivity contribution in [1.82, 2.24) is 0 Å². The molecule has 184 valence electrons. The van der Waals surface area contributed by atoms with E-state index in [2.05, 4.69) is 48.1 Å². The third-order valence-corrected chi connectivity index (χ3v) is 7.50. The van der Waals surface area contributed by atoms with Crippen LogP contribution in [-0.2, 0) is 12.8 Å². The van der Waals surface area contributed by atoms with Gasteiger partial charge in [-0.3, -0.25) is 0 Å². The first-order chi connectivity index (χ1) is 16.2. The molecule has 0 radical (unpaired) electrons. The Bertz CT molecular complexity index is 1000. The highest BCUT2D eigenvalue weighted by molar-refractivity contribution is 5.42. The van der Waals surface area contributed by atoms with Crippen molar-refractivity contribution in [3.05, 3.63) is 76.4 Å². The molecule has 2 aromatic carbocycles. The van der Waals surface area contributed by atoms with Crippen LogP contribution in [0.3, 0.4) is 0 Å². The normalized spacial score (nSPS) is 23.2. The van der Waals surface area contributed by atoms with Crippen LogP contribution in [0.15, 0.2) is 42.5 Å². The summed E-state index contributed by atoms with van der Waals surface area (Å²) >= 11 is 0. The molecule has 0 spiro atoms. The minimum absolute atomic E-state index is 0.0806. The van der Waals surface area contributed by atoms with E-state index in [0.717, 1.165) is 24.0 Å². The summed E-state index contributed by atoms with van der Waals surface area (Å²) < 4.78 is 69.9. The quantitative estimate of drug-likeness (QED) is 0.298. The molecule has 2 aliphatic rings. The van der Waals surface area contributed by atoms with E-state index in [0.29, 0.717) is 24.3 Å². The molecule has 6 heteroatoms. The van der Waals surface area contributed by atoms with Crippen LogP contribution in [0, 0.1) is 17.6 Å². The van der Waals surface area contributed by atoms with E-state index in [1.54, 1.807) is 0 Å². The van der Waals surface area contributed by atoms with Crippen molar-refractivity contribution in [1.29, 1.82) is 0 Å². The fourth-order valence-electron chi connectivity index (χ4n) is 5.64. The van der Waals surface area contributed by atoms with Crippen LogP contribution in [0.5, 0.6) is 5.75 Å². The first kappa shape index (κ1) is 24.7. The molecule has 1 fully saturated rings. The lowest BCUT2D eigenvalue weighted by atomic mass is 9.76. The topological polar surface area (TPSA) is 9.23 Å². The summed E-state index contributed by atoms with van der Waals surface area (Å²) in [6, 6.07) is 9.57. The first-order valence-electron chi connectivity index (χ1n) is 12.2. The Morgan fingerprint density at radius 2 is 1.59 bits per heavy atom. The average Bonchev–Trinajstić information content (AvgIpc) is 2.82. The van der Waals surface area contributed by atoms with Gasteiger partial charge in [0.2, 0.25) is 5.75 Å². The Balaban J connectivity index is 1.40. The maximum Gasteiger partial charge on any atom is 0.573 e. The zero-order valence-electron chi connectivity index (χ0n) is 19.4. The van der Waals surface area contributed by atoms with E-state index < -0.39 is 23.7 Å². The second-order valence-corrected chi connectivity index (χ2v) is 9.66. The summed E-state index contributed by atoms with van der Waals surface area (Å²) in [5, 5.41) is 0. The lowest BCUT2D eigenvalue weighted by Crippen LogP contribution is -2.21. The van der Waals surface area contributed by atoms with Crippen LogP contribution < -0.4 is 4.74 Å². The zero-order chi connectivity index (χ0) is 24.3. The van der Waals surface area contributed by atoms with Crippen LogP contribution in [0.4, 0.5) is 22.0 Å². The minimum atomic E-state index is -5.14. The molecule has 0 aliphatic heterocycles. The van der Waals surface area contributed by atoms with Crippen molar-refractivity contribution in [2.45, 2.75) is 82.9 Å². The smallest absolute Gasteiger partial charge is 0.399 e. The van der Waals surface area contributed by atoms with Crippen molar-refractivity contribution in [3.8, 4) is 5.75 Å². The van der Waals surface area contributed by atoms with Gasteiger partial charge in [-0.2, -0.15) is 0 Å². The number of fused-ring (bicyclic) bond motifs is 1. The predicted octanol–water partition coefficient (Wildman–Crippen LogP) is 8.77. The van der Waals surface area contributed by atoms with Gasteiger partial charge in [-0.05, 0) is 111 Å². The van der Waals surface area contributed by atoms with Crippen molar-refractivity contribution < 1.29 is 26.7 Å². The van der Waals surface area contributed by atoms with Gasteiger partial charge in [0.05, 0.1) is 0 Å². The van der Waals surface area contributed by atoms with Gasteiger partial charge in [0.15, 0.2) is 11.6 Å². The second kappa shape index (κ2) is 10.5. The van der Waals surface area contributed by atoms with Crippen molar-refractivity contribution >= 4 is 0 Å². The number of ether oxygens (including phenoxy) is 1. The van der Waals surface area contributed by atoms with E-state index in [9.17, 15) is 22.0 Å². The molecule has 1 saturated carbocycles. The molecule has 1 nitrogen and oxygen atoms in total. The molecular weight excluding hydrogens is 447 g/mol. The Labute approximate surface area is 198 Å². The fraction of sp³-hybridized carbons (Fsp3) is 0.500. The van der Waals surface area contributed by atoms with Gasteiger partial charge in [-0.25, -0.2) is 8.78 Å². The molecular formula is C28H31F5O. The van der Waals surface area contributed by atoms with Crippen LogP contribution >= 0.6 is 0 Å². The lowest BCUT2D eigenvalue weighted by molar-refractivity contribution is -0.276. The third-order valence-electron chi connectivity index (χ3n) is 7.50. The van der Waals surface area contributed by atoms with Crippen LogP contribution in [0.2, 0.25) is 0 Å². The molecule has 0 aromatic heterocycles. The van der Waals surface area contributed by atoms with Crippen LogP contribution in [0.1, 0.15) is 86.0 Å². The highest BCUT2D eigenvalue weighted by atomic mass is 19.4. The van der Waals surface area contributed by atoms with Gasteiger partial charge in [-0.15, -0.1) is 13.2 Å². The summed E-state index contributed by atoms with van der Waals surface area (Å²) in [6.45, 7) is 2.06. The summed E-state index contributed by atoms with van der Waals surface area (Å²) in [7, 11) is 0. The Kier molecular flexibility index (Phi) is 7.63. The van der Waals surface area contributed by atoms with Crippen molar-refractivity contribution in [2.75, 3.05) is 0 Å². The third kappa shape index (κ3) is 5.81. The Morgan fingerprint density at radius 3 is 2.21 bits per heavy atom.